The SMILES string of the molecule is Cn1c(Nc2cc(C(F)(F)F)cc(C(F)(F)F)c2)nc(C(F)(F)F)cc1=O. The molecule has 1 N–H and O–H groups in total. The molecule has 2 rings (SSSR count). The predicted molar refractivity (Wildman–Crippen MR) is 74.2 cm³/mol. The Balaban J connectivity index is 2.61. The smallest absolute Gasteiger partial charge is 0.325 e. The molecule has 0 aliphatic heterocycles. The van der Waals surface area contributed by atoms with Crippen molar-refractivity contribution in [1.82, 2.24) is 9.55 Å². The summed E-state index contributed by atoms with van der Waals surface area (Å²) < 4.78 is 116. The molecule has 0 aliphatic rings. The largest absolute Gasteiger partial charge is 0.433 e. The second kappa shape index (κ2) is 6.46. The van der Waals surface area contributed by atoms with E-state index >= 15 is 0 Å². The van der Waals surface area contributed by atoms with Crippen molar-refractivity contribution < 1.29 is 39.5 Å². The van der Waals surface area contributed by atoms with E-state index in [1.165, 1.54) is 0 Å². The van der Waals surface area contributed by atoms with Gasteiger partial charge in [-0.1, -0.05) is 0 Å². The van der Waals surface area contributed by atoms with Crippen molar-refractivity contribution in [1.29, 1.82) is 0 Å². The predicted octanol–water partition coefficient (Wildman–Crippen LogP) is 4.58. The van der Waals surface area contributed by atoms with Crippen molar-refractivity contribution in [2.75, 3.05) is 5.32 Å². The van der Waals surface area contributed by atoms with Crippen LogP contribution >= 0.6 is 0 Å². The Kier molecular flexibility index (Phi) is 4.92. The average molecular weight is 405 g/mol. The molecule has 13 heteroatoms. The molecule has 0 atom stereocenters. The van der Waals surface area contributed by atoms with Crippen molar-refractivity contribution >= 4 is 11.6 Å². The first-order valence-electron chi connectivity index (χ1n) is 6.81. The molecule has 0 bridgehead atoms. The van der Waals surface area contributed by atoms with Gasteiger partial charge in [-0.3, -0.25) is 9.36 Å². The number of anilines is 2. The molecule has 148 valence electrons. The fraction of sp³-hybridized carbons (Fsp3) is 0.286. The number of benzene rings is 1. The Morgan fingerprint density at radius 1 is 0.815 bits per heavy atom. The molecule has 2 aromatic rings. The van der Waals surface area contributed by atoms with Gasteiger partial charge in [0.25, 0.3) is 5.56 Å². The standard InChI is InChI=1S/C14H8F9N3O/c1-26-10(27)5-9(14(21,22)23)25-11(26)24-8-3-6(12(15,16)17)2-7(4-8)13(18,19)20/h2-5H,1H3,(H,24,25). The summed E-state index contributed by atoms with van der Waals surface area (Å²) in [6, 6.07) is 0.492. The molecule has 0 unspecified atom stereocenters. The van der Waals surface area contributed by atoms with Gasteiger partial charge in [-0.05, 0) is 18.2 Å². The van der Waals surface area contributed by atoms with Gasteiger partial charge in [0.1, 0.15) is 0 Å². The molecule has 0 fully saturated rings. The number of halogens is 9. The Morgan fingerprint density at radius 3 is 1.70 bits per heavy atom. The Bertz CT molecular complexity index is 878. The highest BCUT2D eigenvalue weighted by molar-refractivity contribution is 5.57. The quantitative estimate of drug-likeness (QED) is 0.745. The fourth-order valence-electron chi connectivity index (χ4n) is 1.95. The van der Waals surface area contributed by atoms with Crippen LogP contribution in [0.4, 0.5) is 51.1 Å². The van der Waals surface area contributed by atoms with Gasteiger partial charge < -0.3 is 5.32 Å². The summed E-state index contributed by atoms with van der Waals surface area (Å²) >= 11 is 0. The third-order valence-corrected chi connectivity index (χ3v) is 3.27. The Labute approximate surface area is 144 Å². The van der Waals surface area contributed by atoms with Crippen LogP contribution in [0.5, 0.6) is 0 Å². The van der Waals surface area contributed by atoms with Crippen molar-refractivity contribution in [2.45, 2.75) is 18.5 Å². The number of hydrogen-bond donors (Lipinski definition) is 1. The van der Waals surface area contributed by atoms with Crippen molar-refractivity contribution in [2.24, 2.45) is 7.05 Å². The van der Waals surface area contributed by atoms with Crippen LogP contribution in [0.15, 0.2) is 29.1 Å². The Morgan fingerprint density at radius 2 is 1.30 bits per heavy atom. The molecule has 1 aromatic heterocycles. The highest BCUT2D eigenvalue weighted by Gasteiger charge is 2.37. The molecule has 0 aliphatic carbocycles. The van der Waals surface area contributed by atoms with E-state index in [9.17, 15) is 44.3 Å². The summed E-state index contributed by atoms with van der Waals surface area (Å²) in [5, 5.41) is 1.90. The number of nitrogens with zero attached hydrogens (tertiary/aromatic N) is 2. The molecule has 1 aromatic carbocycles. The minimum atomic E-state index is -5.15. The summed E-state index contributed by atoms with van der Waals surface area (Å²) in [5.41, 5.74) is -7.09. The maximum atomic E-state index is 12.8. The number of rotatable bonds is 2. The van der Waals surface area contributed by atoms with Gasteiger partial charge in [-0.2, -0.15) is 39.5 Å². The molecule has 0 spiro atoms. The Hall–Kier alpha value is -2.73. The van der Waals surface area contributed by atoms with Crippen molar-refractivity contribution in [3.05, 3.63) is 51.4 Å². The first-order chi connectivity index (χ1) is 12.1. The minimum absolute atomic E-state index is 0.137. The van der Waals surface area contributed by atoms with Crippen LogP contribution in [0.1, 0.15) is 16.8 Å². The normalized spacial score (nSPS) is 13.0. The second-order valence-corrected chi connectivity index (χ2v) is 5.28. The maximum Gasteiger partial charge on any atom is 0.433 e. The first-order valence-corrected chi connectivity index (χ1v) is 6.81. The van der Waals surface area contributed by atoms with Crippen LogP contribution in [0, 0.1) is 0 Å². The van der Waals surface area contributed by atoms with Gasteiger partial charge in [-0.25, -0.2) is 4.98 Å². The molecule has 0 saturated heterocycles. The highest BCUT2D eigenvalue weighted by atomic mass is 19.4. The van der Waals surface area contributed by atoms with E-state index in [1.807, 2.05) is 5.32 Å². The number of alkyl halides is 9. The minimum Gasteiger partial charge on any atom is -0.325 e. The molecular formula is C14H8F9N3O. The molecule has 0 radical (unpaired) electrons. The van der Waals surface area contributed by atoms with Gasteiger partial charge in [-0.15, -0.1) is 0 Å². The van der Waals surface area contributed by atoms with Crippen molar-refractivity contribution in [3.63, 3.8) is 0 Å². The van der Waals surface area contributed by atoms with E-state index in [1.54, 1.807) is 0 Å². The van der Waals surface area contributed by atoms with E-state index in [0.29, 0.717) is 4.57 Å². The zero-order valence-electron chi connectivity index (χ0n) is 13.0. The number of aromatic nitrogens is 2. The van der Waals surface area contributed by atoms with E-state index in [4.69, 9.17) is 0 Å². The molecule has 27 heavy (non-hydrogen) atoms. The lowest BCUT2D eigenvalue weighted by Crippen LogP contribution is -2.24. The molecule has 1 heterocycles. The number of nitrogens with one attached hydrogen (secondary N) is 1. The summed E-state index contributed by atoms with van der Waals surface area (Å²) in [6.07, 6.45) is -15.3. The topological polar surface area (TPSA) is 46.9 Å². The lowest BCUT2D eigenvalue weighted by molar-refractivity contribution is -0.143. The van der Waals surface area contributed by atoms with Crippen LogP contribution in [-0.4, -0.2) is 9.55 Å². The molecule has 4 nitrogen and oxygen atoms in total. The van der Waals surface area contributed by atoms with Gasteiger partial charge >= 0.3 is 18.5 Å². The van der Waals surface area contributed by atoms with Crippen LogP contribution < -0.4 is 10.9 Å². The first kappa shape index (κ1) is 20.6. The van der Waals surface area contributed by atoms with E-state index in [-0.39, 0.29) is 24.3 Å². The molecule has 0 amide bonds. The van der Waals surface area contributed by atoms with Gasteiger partial charge in [0.05, 0.1) is 11.1 Å². The highest BCUT2D eigenvalue weighted by Crippen LogP contribution is 2.38. The third kappa shape index (κ3) is 4.71. The van der Waals surface area contributed by atoms with Crippen LogP contribution in [0.2, 0.25) is 0 Å². The summed E-state index contributed by atoms with van der Waals surface area (Å²) in [5.74, 6) is -0.887. The van der Waals surface area contributed by atoms with Gasteiger partial charge in [0, 0.05) is 18.8 Å². The van der Waals surface area contributed by atoms with E-state index in [0.717, 1.165) is 7.05 Å². The van der Waals surface area contributed by atoms with Gasteiger partial charge in [0.15, 0.2) is 5.69 Å². The van der Waals surface area contributed by atoms with Crippen LogP contribution in [0.3, 0.4) is 0 Å². The zero-order valence-corrected chi connectivity index (χ0v) is 13.0. The summed E-state index contributed by atoms with van der Waals surface area (Å²) in [7, 11) is 0.941. The van der Waals surface area contributed by atoms with E-state index < -0.39 is 52.5 Å². The van der Waals surface area contributed by atoms with Crippen molar-refractivity contribution in [3.8, 4) is 0 Å². The third-order valence-electron chi connectivity index (χ3n) is 3.27. The molecular weight excluding hydrogens is 397 g/mol. The average Bonchev–Trinajstić information content (AvgIpc) is 2.48. The molecule has 0 saturated carbocycles. The van der Waals surface area contributed by atoms with Gasteiger partial charge in [0.2, 0.25) is 5.95 Å². The number of hydrogen-bond acceptors (Lipinski definition) is 3. The zero-order chi connectivity index (χ0) is 20.8. The second-order valence-electron chi connectivity index (χ2n) is 5.28. The van der Waals surface area contributed by atoms with E-state index in [2.05, 4.69) is 4.98 Å². The lowest BCUT2D eigenvalue weighted by atomic mass is 10.1. The van der Waals surface area contributed by atoms with Crippen LogP contribution in [-0.2, 0) is 25.6 Å². The maximum absolute atomic E-state index is 12.8. The summed E-state index contributed by atoms with van der Waals surface area (Å²) in [6.45, 7) is 0. The fourth-order valence-corrected chi connectivity index (χ4v) is 1.95. The summed E-state index contributed by atoms with van der Waals surface area (Å²) in [4.78, 5) is 14.6. The van der Waals surface area contributed by atoms with Crippen LogP contribution in [0.25, 0.3) is 0 Å². The monoisotopic (exact) mass is 405 g/mol. The lowest BCUT2D eigenvalue weighted by Gasteiger charge is -2.16.